The number of hydrogen-bond donors (Lipinski definition) is 2. The first-order valence-electron chi connectivity index (χ1n) is 12.6. The molecular formula is C28H32N2O5. The monoisotopic (exact) mass is 476 g/mol. The van der Waals surface area contributed by atoms with Gasteiger partial charge in [-0.1, -0.05) is 55.0 Å². The number of nitrogens with zero attached hydrogens (tertiary/aromatic N) is 1. The quantitative estimate of drug-likeness (QED) is 0.667. The minimum absolute atomic E-state index is 0.0173. The number of alkyl carbamates (subject to hydrolysis) is 1. The molecule has 1 aliphatic heterocycles. The van der Waals surface area contributed by atoms with Crippen LogP contribution in [0.15, 0.2) is 48.5 Å². The molecule has 2 amide bonds. The Bertz CT molecular complexity index is 1090. The fourth-order valence-corrected chi connectivity index (χ4v) is 6.22. The number of benzene rings is 2. The molecule has 1 saturated heterocycles. The topological polar surface area (TPSA) is 95.9 Å². The Morgan fingerprint density at radius 2 is 1.57 bits per heavy atom. The fraction of sp³-hybridized carbons (Fsp3) is 0.464. The molecule has 2 N–H and O–H groups in total. The maximum Gasteiger partial charge on any atom is 0.407 e. The first-order valence-corrected chi connectivity index (χ1v) is 12.6. The molecule has 2 aliphatic carbocycles. The van der Waals surface area contributed by atoms with Crippen LogP contribution in [0.5, 0.6) is 0 Å². The van der Waals surface area contributed by atoms with Crippen LogP contribution in [0.25, 0.3) is 11.1 Å². The number of likely N-dealkylation sites (tertiary alicyclic amines) is 1. The van der Waals surface area contributed by atoms with Crippen molar-refractivity contribution in [3.8, 4) is 11.1 Å². The van der Waals surface area contributed by atoms with Gasteiger partial charge in [0.05, 0.1) is 11.8 Å². The highest BCUT2D eigenvalue weighted by molar-refractivity contribution is 5.83. The van der Waals surface area contributed by atoms with Gasteiger partial charge in [-0.15, -0.1) is 0 Å². The van der Waals surface area contributed by atoms with Crippen molar-refractivity contribution in [2.24, 2.45) is 11.8 Å². The highest BCUT2D eigenvalue weighted by Gasteiger charge is 2.42. The van der Waals surface area contributed by atoms with Crippen molar-refractivity contribution in [1.82, 2.24) is 10.2 Å². The van der Waals surface area contributed by atoms with E-state index in [0.29, 0.717) is 32.2 Å². The molecule has 2 aromatic carbocycles. The molecule has 0 aromatic heterocycles. The number of fused-ring (bicyclic) bond motifs is 3. The van der Waals surface area contributed by atoms with Gasteiger partial charge in [-0.2, -0.15) is 0 Å². The summed E-state index contributed by atoms with van der Waals surface area (Å²) < 4.78 is 5.69. The summed E-state index contributed by atoms with van der Waals surface area (Å²) >= 11 is 0. The maximum atomic E-state index is 13.4. The molecule has 3 aliphatic rings. The van der Waals surface area contributed by atoms with Gasteiger partial charge < -0.3 is 20.1 Å². The first kappa shape index (κ1) is 23.4. The molecule has 1 heterocycles. The normalized spacial score (nSPS) is 25.6. The van der Waals surface area contributed by atoms with Crippen LogP contribution in [0.4, 0.5) is 4.79 Å². The minimum atomic E-state index is -0.852. The van der Waals surface area contributed by atoms with Crippen molar-refractivity contribution in [2.75, 3.05) is 13.2 Å². The zero-order valence-electron chi connectivity index (χ0n) is 20.0. The molecule has 7 nitrogen and oxygen atoms in total. The van der Waals surface area contributed by atoms with Crippen LogP contribution >= 0.6 is 0 Å². The molecule has 7 heteroatoms. The van der Waals surface area contributed by atoms with Crippen molar-refractivity contribution in [1.29, 1.82) is 0 Å². The van der Waals surface area contributed by atoms with Crippen LogP contribution in [0, 0.1) is 11.8 Å². The lowest BCUT2D eigenvalue weighted by atomic mass is 9.88. The number of nitrogens with one attached hydrogen (secondary N) is 1. The average molecular weight is 477 g/mol. The van der Waals surface area contributed by atoms with E-state index in [1.54, 1.807) is 4.90 Å². The zero-order chi connectivity index (χ0) is 24.5. The van der Waals surface area contributed by atoms with Crippen molar-refractivity contribution >= 4 is 18.0 Å². The molecule has 2 aromatic rings. The highest BCUT2D eigenvalue weighted by atomic mass is 16.5. The SMILES string of the molecule is C[C@@H]1[C@H](C(=O)O)CCCN1C(=O)[C@@H]1CCC[C@@H]1NC(=O)OCC1c2ccccc2-c2ccccc21. The van der Waals surface area contributed by atoms with E-state index in [1.165, 1.54) is 11.1 Å². The van der Waals surface area contributed by atoms with Gasteiger partial charge in [0.2, 0.25) is 5.91 Å². The number of hydrogen-bond acceptors (Lipinski definition) is 4. The summed E-state index contributed by atoms with van der Waals surface area (Å²) in [5.41, 5.74) is 4.66. The molecule has 1 saturated carbocycles. The van der Waals surface area contributed by atoms with Crippen molar-refractivity contribution in [3.63, 3.8) is 0 Å². The van der Waals surface area contributed by atoms with Crippen LogP contribution in [0.2, 0.25) is 0 Å². The van der Waals surface area contributed by atoms with E-state index in [2.05, 4.69) is 29.6 Å². The van der Waals surface area contributed by atoms with Crippen LogP contribution in [0.1, 0.15) is 56.1 Å². The molecule has 35 heavy (non-hydrogen) atoms. The van der Waals surface area contributed by atoms with E-state index in [-0.39, 0.29) is 36.4 Å². The predicted octanol–water partition coefficient (Wildman–Crippen LogP) is 4.41. The Morgan fingerprint density at radius 1 is 0.943 bits per heavy atom. The number of carboxylic acid groups (broad SMARTS) is 1. The second-order valence-corrected chi connectivity index (χ2v) is 9.97. The molecule has 5 rings (SSSR count). The fourth-order valence-electron chi connectivity index (χ4n) is 6.22. The molecule has 0 radical (unpaired) electrons. The second-order valence-electron chi connectivity index (χ2n) is 9.97. The van der Waals surface area contributed by atoms with E-state index in [4.69, 9.17) is 4.74 Å². The van der Waals surface area contributed by atoms with Crippen LogP contribution in [0.3, 0.4) is 0 Å². The molecule has 184 valence electrons. The molecule has 0 unspecified atom stereocenters. The summed E-state index contributed by atoms with van der Waals surface area (Å²) in [7, 11) is 0. The summed E-state index contributed by atoms with van der Waals surface area (Å²) in [5, 5.41) is 12.4. The largest absolute Gasteiger partial charge is 0.481 e. The highest BCUT2D eigenvalue weighted by Crippen LogP contribution is 2.44. The lowest BCUT2D eigenvalue weighted by molar-refractivity contribution is -0.150. The number of ether oxygens (including phenoxy) is 1. The van der Waals surface area contributed by atoms with Crippen molar-refractivity contribution in [2.45, 2.75) is 57.0 Å². The molecule has 0 spiro atoms. The number of carboxylic acids is 1. The maximum absolute atomic E-state index is 13.4. The lowest BCUT2D eigenvalue weighted by Gasteiger charge is -2.39. The third kappa shape index (κ3) is 4.40. The summed E-state index contributed by atoms with van der Waals surface area (Å²) in [6, 6.07) is 15.8. The number of aliphatic carboxylic acids is 1. The standard InChI is InChI=1S/C28H32N2O5/c1-17-18(27(32)33)13-7-15-30(17)26(31)23-12-6-14-25(23)29-28(34)35-16-24-21-10-4-2-8-19(21)20-9-3-5-11-22(20)24/h2-5,8-11,17-18,23-25H,6-7,12-16H2,1H3,(H,29,34)(H,32,33)/t17-,18-,23-,25+/m1/s1. The summed E-state index contributed by atoms with van der Waals surface area (Å²) in [5.74, 6) is -1.80. The Kier molecular flexibility index (Phi) is 6.50. The zero-order valence-corrected chi connectivity index (χ0v) is 20.0. The van der Waals surface area contributed by atoms with E-state index < -0.39 is 18.0 Å². The molecular weight excluding hydrogens is 444 g/mol. The van der Waals surface area contributed by atoms with E-state index >= 15 is 0 Å². The Hall–Kier alpha value is -3.35. The first-order chi connectivity index (χ1) is 17.0. The number of carbonyl (C=O) groups is 3. The van der Waals surface area contributed by atoms with Gasteiger partial charge in [0.15, 0.2) is 0 Å². The number of piperidine rings is 1. The van der Waals surface area contributed by atoms with Gasteiger partial charge in [-0.25, -0.2) is 4.79 Å². The molecule has 0 bridgehead atoms. The number of rotatable bonds is 5. The van der Waals surface area contributed by atoms with Gasteiger partial charge in [0.25, 0.3) is 0 Å². The van der Waals surface area contributed by atoms with Gasteiger partial charge in [-0.3, -0.25) is 9.59 Å². The van der Waals surface area contributed by atoms with Gasteiger partial charge >= 0.3 is 12.1 Å². The molecule has 2 fully saturated rings. The van der Waals surface area contributed by atoms with Crippen molar-refractivity contribution < 1.29 is 24.2 Å². The number of amides is 2. The Balaban J connectivity index is 1.22. The third-order valence-electron chi connectivity index (χ3n) is 8.07. The van der Waals surface area contributed by atoms with Crippen LogP contribution < -0.4 is 5.32 Å². The van der Waals surface area contributed by atoms with Gasteiger partial charge in [0, 0.05) is 24.5 Å². The number of carbonyl (C=O) groups excluding carboxylic acids is 2. The summed E-state index contributed by atoms with van der Waals surface area (Å²) in [6.07, 6.45) is 3.01. The molecule has 4 atom stereocenters. The van der Waals surface area contributed by atoms with Crippen LogP contribution in [-0.2, 0) is 14.3 Å². The predicted molar refractivity (Wildman–Crippen MR) is 131 cm³/mol. The smallest absolute Gasteiger partial charge is 0.407 e. The van der Waals surface area contributed by atoms with E-state index in [1.807, 2.05) is 31.2 Å². The lowest BCUT2D eigenvalue weighted by Crippen LogP contribution is -2.53. The third-order valence-corrected chi connectivity index (χ3v) is 8.07. The minimum Gasteiger partial charge on any atom is -0.481 e. The van der Waals surface area contributed by atoms with Crippen LogP contribution in [-0.4, -0.2) is 53.2 Å². The van der Waals surface area contributed by atoms with E-state index in [9.17, 15) is 19.5 Å². The van der Waals surface area contributed by atoms with Gasteiger partial charge in [0.1, 0.15) is 6.61 Å². The second kappa shape index (κ2) is 9.72. The average Bonchev–Trinajstić information content (AvgIpc) is 3.44. The van der Waals surface area contributed by atoms with Gasteiger partial charge in [-0.05, 0) is 54.9 Å². The Labute approximate surface area is 205 Å². The summed E-state index contributed by atoms with van der Waals surface area (Å²) in [4.78, 5) is 39.4. The van der Waals surface area contributed by atoms with Crippen molar-refractivity contribution in [3.05, 3.63) is 59.7 Å². The Morgan fingerprint density at radius 3 is 2.23 bits per heavy atom. The summed E-state index contributed by atoms with van der Waals surface area (Å²) in [6.45, 7) is 2.62. The van der Waals surface area contributed by atoms with E-state index in [0.717, 1.165) is 17.5 Å².